The molecule has 4 aromatic rings. The van der Waals surface area contributed by atoms with E-state index in [1.807, 2.05) is 36.4 Å². The van der Waals surface area contributed by atoms with Crippen LogP contribution in [-0.4, -0.2) is 30.1 Å². The summed E-state index contributed by atoms with van der Waals surface area (Å²) in [6.45, 7) is 0. The zero-order valence-corrected chi connectivity index (χ0v) is 21.1. The first-order valence-corrected chi connectivity index (χ1v) is 11.8. The van der Waals surface area contributed by atoms with Gasteiger partial charge in [-0.05, 0) is 58.3 Å². The number of hydrazone groups is 1. The normalized spacial score (nSPS) is 10.9. The zero-order valence-electron chi connectivity index (χ0n) is 19.5. The van der Waals surface area contributed by atoms with E-state index in [1.165, 1.54) is 43.7 Å². The molecule has 0 bridgehead atoms. The molecule has 0 unspecified atom stereocenters. The number of ether oxygens (including phenoxy) is 2. The molecule has 9 nitrogen and oxygen atoms in total. The molecule has 0 spiro atoms. The van der Waals surface area contributed by atoms with Gasteiger partial charge in [-0.3, -0.25) is 14.9 Å². The molecule has 0 saturated heterocycles. The van der Waals surface area contributed by atoms with E-state index in [9.17, 15) is 19.7 Å². The van der Waals surface area contributed by atoms with Crippen molar-refractivity contribution in [1.82, 2.24) is 5.43 Å². The molecule has 0 heterocycles. The molecule has 1 N–H and O–H groups in total. The Morgan fingerprint density at radius 1 is 1.00 bits per heavy atom. The average molecular weight is 562 g/mol. The van der Waals surface area contributed by atoms with Crippen LogP contribution in [0.4, 0.5) is 5.69 Å². The SMILES string of the molecule is COc1cc(/C=N\NC(=O)Cc2ccc(Br)c3ccccc23)ccc1OC(=O)c1ccc([N+](=O)[O-])cc1. The van der Waals surface area contributed by atoms with Crippen molar-refractivity contribution in [2.75, 3.05) is 7.11 Å². The largest absolute Gasteiger partial charge is 0.493 e. The molecule has 0 saturated carbocycles. The fourth-order valence-electron chi connectivity index (χ4n) is 3.60. The van der Waals surface area contributed by atoms with E-state index in [4.69, 9.17) is 9.47 Å². The van der Waals surface area contributed by atoms with E-state index in [0.29, 0.717) is 5.56 Å². The Bertz CT molecular complexity index is 1520. The fraction of sp³-hybridized carbons (Fsp3) is 0.0741. The molecule has 4 aromatic carbocycles. The molecule has 0 aromatic heterocycles. The molecule has 0 atom stereocenters. The Labute approximate surface area is 220 Å². The molecule has 0 fully saturated rings. The van der Waals surface area contributed by atoms with Gasteiger partial charge in [-0.25, -0.2) is 10.2 Å². The number of hydrogen-bond acceptors (Lipinski definition) is 7. The second-order valence-corrected chi connectivity index (χ2v) is 8.68. The van der Waals surface area contributed by atoms with E-state index >= 15 is 0 Å². The van der Waals surface area contributed by atoms with Crippen molar-refractivity contribution in [2.45, 2.75) is 6.42 Å². The van der Waals surface area contributed by atoms with Crippen LogP contribution >= 0.6 is 15.9 Å². The van der Waals surface area contributed by atoms with Crippen molar-refractivity contribution in [3.8, 4) is 11.5 Å². The van der Waals surface area contributed by atoms with Gasteiger partial charge in [-0.2, -0.15) is 5.10 Å². The minimum atomic E-state index is -0.692. The van der Waals surface area contributed by atoms with E-state index < -0.39 is 10.9 Å². The third-order valence-electron chi connectivity index (χ3n) is 5.42. The van der Waals surface area contributed by atoms with Crippen LogP contribution in [0.1, 0.15) is 21.5 Å². The lowest BCUT2D eigenvalue weighted by molar-refractivity contribution is -0.384. The summed E-state index contributed by atoms with van der Waals surface area (Å²) in [5.41, 5.74) is 4.02. The summed E-state index contributed by atoms with van der Waals surface area (Å²) in [4.78, 5) is 35.1. The van der Waals surface area contributed by atoms with Gasteiger partial charge in [0.05, 0.1) is 30.2 Å². The van der Waals surface area contributed by atoms with Gasteiger partial charge in [0.2, 0.25) is 5.91 Å². The Balaban J connectivity index is 1.39. The van der Waals surface area contributed by atoms with Gasteiger partial charge in [-0.1, -0.05) is 46.3 Å². The highest BCUT2D eigenvalue weighted by molar-refractivity contribution is 9.10. The topological polar surface area (TPSA) is 120 Å². The number of nitrogens with zero attached hydrogens (tertiary/aromatic N) is 2. The summed E-state index contributed by atoms with van der Waals surface area (Å²) >= 11 is 3.53. The smallest absolute Gasteiger partial charge is 0.343 e. The zero-order chi connectivity index (χ0) is 26.4. The number of hydrogen-bond donors (Lipinski definition) is 1. The number of non-ortho nitro benzene ring substituents is 1. The van der Waals surface area contributed by atoms with E-state index in [0.717, 1.165) is 20.8 Å². The number of amides is 1. The number of carbonyl (C=O) groups is 2. The standard InChI is InChI=1S/C27H20BrN3O6/c1-36-25-14-17(6-13-24(25)37-27(33)18-7-10-20(11-8-18)31(34)35)16-29-30-26(32)15-19-9-12-23(28)22-5-3-2-4-21(19)22/h2-14,16H,15H2,1H3,(H,30,32)/b29-16-. The molecular formula is C27H20BrN3O6. The third kappa shape index (κ3) is 6.17. The van der Waals surface area contributed by atoms with Gasteiger partial charge in [0.1, 0.15) is 0 Å². The summed E-state index contributed by atoms with van der Waals surface area (Å²) in [7, 11) is 1.42. The molecule has 0 aliphatic carbocycles. The second kappa shape index (κ2) is 11.4. The quantitative estimate of drug-likeness (QED) is 0.101. The average Bonchev–Trinajstić information content (AvgIpc) is 2.91. The number of nitro benzene ring substituents is 1. The van der Waals surface area contributed by atoms with Crippen LogP contribution in [-0.2, 0) is 11.2 Å². The van der Waals surface area contributed by atoms with Crippen LogP contribution in [0.15, 0.2) is 88.4 Å². The molecule has 37 heavy (non-hydrogen) atoms. The van der Waals surface area contributed by atoms with Crippen LogP contribution in [0.2, 0.25) is 0 Å². The number of methoxy groups -OCH3 is 1. The van der Waals surface area contributed by atoms with E-state index in [1.54, 1.807) is 12.1 Å². The van der Waals surface area contributed by atoms with Crippen molar-refractivity contribution in [3.63, 3.8) is 0 Å². The van der Waals surface area contributed by atoms with Crippen molar-refractivity contribution >= 4 is 50.5 Å². The summed E-state index contributed by atoms with van der Waals surface area (Å²) < 4.78 is 11.6. The minimum Gasteiger partial charge on any atom is -0.493 e. The summed E-state index contributed by atoms with van der Waals surface area (Å²) in [5, 5.41) is 16.8. The first kappa shape index (κ1) is 25.5. The van der Waals surface area contributed by atoms with Crippen molar-refractivity contribution in [3.05, 3.63) is 110 Å². The summed E-state index contributed by atoms with van der Waals surface area (Å²) in [6, 6.07) is 21.5. The maximum atomic E-state index is 12.5. The molecule has 10 heteroatoms. The maximum absolute atomic E-state index is 12.5. The number of nitrogens with one attached hydrogen (secondary N) is 1. The summed E-state index contributed by atoms with van der Waals surface area (Å²) in [5.74, 6) is -0.535. The van der Waals surface area contributed by atoms with Gasteiger partial charge in [0.25, 0.3) is 5.69 Å². The van der Waals surface area contributed by atoms with Crippen molar-refractivity contribution in [1.29, 1.82) is 0 Å². The van der Waals surface area contributed by atoms with Crippen LogP contribution in [0.3, 0.4) is 0 Å². The van der Waals surface area contributed by atoms with Gasteiger partial charge < -0.3 is 9.47 Å². The van der Waals surface area contributed by atoms with Gasteiger partial charge in [-0.15, -0.1) is 0 Å². The highest BCUT2D eigenvalue weighted by atomic mass is 79.9. The first-order valence-electron chi connectivity index (χ1n) is 11.0. The monoisotopic (exact) mass is 561 g/mol. The molecule has 186 valence electrons. The van der Waals surface area contributed by atoms with Gasteiger partial charge >= 0.3 is 5.97 Å². The van der Waals surface area contributed by atoms with Gasteiger partial charge in [0.15, 0.2) is 11.5 Å². The lowest BCUT2D eigenvalue weighted by Crippen LogP contribution is -2.19. The Morgan fingerprint density at radius 3 is 2.43 bits per heavy atom. The number of benzene rings is 4. The highest BCUT2D eigenvalue weighted by Crippen LogP contribution is 2.29. The van der Waals surface area contributed by atoms with E-state index in [2.05, 4.69) is 26.5 Å². The number of halogens is 1. The van der Waals surface area contributed by atoms with Crippen LogP contribution in [0, 0.1) is 10.1 Å². The number of nitro groups is 1. The second-order valence-electron chi connectivity index (χ2n) is 7.83. The maximum Gasteiger partial charge on any atom is 0.343 e. The van der Waals surface area contributed by atoms with Crippen molar-refractivity contribution in [2.24, 2.45) is 5.10 Å². The molecule has 4 rings (SSSR count). The van der Waals surface area contributed by atoms with E-state index in [-0.39, 0.29) is 35.1 Å². The number of carbonyl (C=O) groups excluding carboxylic acids is 2. The number of rotatable bonds is 8. The predicted molar refractivity (Wildman–Crippen MR) is 142 cm³/mol. The minimum absolute atomic E-state index is 0.130. The molecular weight excluding hydrogens is 542 g/mol. The predicted octanol–water partition coefficient (Wildman–Crippen LogP) is 5.43. The van der Waals surface area contributed by atoms with Gasteiger partial charge in [0, 0.05) is 16.6 Å². The lowest BCUT2D eigenvalue weighted by Gasteiger charge is -2.10. The Morgan fingerprint density at radius 2 is 1.73 bits per heavy atom. The first-order chi connectivity index (χ1) is 17.9. The molecule has 1 amide bonds. The van der Waals surface area contributed by atoms with Crippen LogP contribution in [0.5, 0.6) is 11.5 Å². The fourth-order valence-corrected chi connectivity index (χ4v) is 4.07. The number of esters is 1. The van der Waals surface area contributed by atoms with Crippen LogP contribution in [0.25, 0.3) is 10.8 Å². The Kier molecular flexibility index (Phi) is 7.89. The van der Waals surface area contributed by atoms with Crippen molar-refractivity contribution < 1.29 is 24.0 Å². The lowest BCUT2D eigenvalue weighted by atomic mass is 10.0. The summed E-state index contributed by atoms with van der Waals surface area (Å²) in [6.07, 6.45) is 1.61. The molecule has 0 aliphatic rings. The Hall–Kier alpha value is -4.57. The highest BCUT2D eigenvalue weighted by Gasteiger charge is 2.15. The molecule has 0 aliphatic heterocycles. The third-order valence-corrected chi connectivity index (χ3v) is 6.11. The molecule has 0 radical (unpaired) electrons. The number of fused-ring (bicyclic) bond motifs is 1. The van der Waals surface area contributed by atoms with Crippen LogP contribution < -0.4 is 14.9 Å².